The lowest BCUT2D eigenvalue weighted by Gasteiger charge is -2.17. The van der Waals surface area contributed by atoms with Gasteiger partial charge in [0.25, 0.3) is 5.56 Å². The Labute approximate surface area is 87.4 Å². The number of nitrogens with one attached hydrogen (secondary N) is 2. The van der Waals surface area contributed by atoms with Crippen molar-refractivity contribution in [2.75, 3.05) is 11.1 Å². The Morgan fingerprint density at radius 2 is 2.47 bits per heavy atom. The van der Waals surface area contributed by atoms with Gasteiger partial charge >= 0.3 is 0 Å². The molecule has 0 aromatic carbocycles. The van der Waals surface area contributed by atoms with Crippen LogP contribution in [0.4, 0.5) is 11.6 Å². The van der Waals surface area contributed by atoms with E-state index in [1.807, 2.05) is 0 Å². The molecule has 5 nitrogen and oxygen atoms in total. The summed E-state index contributed by atoms with van der Waals surface area (Å²) in [5, 5.41) is 3.14. The topological polar surface area (TPSA) is 83.8 Å². The summed E-state index contributed by atoms with van der Waals surface area (Å²) in [7, 11) is 0. The molecule has 0 saturated heterocycles. The Morgan fingerprint density at radius 3 is 3.13 bits per heavy atom. The van der Waals surface area contributed by atoms with Crippen LogP contribution in [0.5, 0.6) is 0 Å². The van der Waals surface area contributed by atoms with Gasteiger partial charge < -0.3 is 11.1 Å². The van der Waals surface area contributed by atoms with E-state index in [-0.39, 0.29) is 17.3 Å². The summed E-state index contributed by atoms with van der Waals surface area (Å²) in [4.78, 5) is 17.8. The van der Waals surface area contributed by atoms with Gasteiger partial charge in [-0.1, -0.05) is 12.2 Å². The first kappa shape index (κ1) is 9.76. The molecule has 0 saturated carbocycles. The van der Waals surface area contributed by atoms with Crippen molar-refractivity contribution in [1.29, 1.82) is 0 Å². The van der Waals surface area contributed by atoms with Gasteiger partial charge in [-0.15, -0.1) is 0 Å². The fourth-order valence-corrected chi connectivity index (χ4v) is 1.59. The zero-order chi connectivity index (χ0) is 10.7. The van der Waals surface area contributed by atoms with E-state index in [1.54, 1.807) is 0 Å². The summed E-state index contributed by atoms with van der Waals surface area (Å²) in [5.41, 5.74) is 5.21. The van der Waals surface area contributed by atoms with Crippen LogP contribution in [0.15, 0.2) is 23.1 Å². The van der Waals surface area contributed by atoms with Crippen molar-refractivity contribution in [3.05, 3.63) is 28.7 Å². The van der Waals surface area contributed by atoms with Gasteiger partial charge in [-0.3, -0.25) is 9.78 Å². The standard InChI is InChI=1S/C10H14N4O/c11-8-6-12-10(14-9(8)15)13-7-4-2-1-3-5-7/h2,4,6-7H,1,3,5,11H2,(H2,12,13,14,15). The van der Waals surface area contributed by atoms with Crippen LogP contribution in [0.25, 0.3) is 0 Å². The van der Waals surface area contributed by atoms with E-state index in [1.165, 1.54) is 6.20 Å². The molecule has 1 aliphatic rings. The molecule has 2 rings (SSSR count). The smallest absolute Gasteiger partial charge is 0.275 e. The summed E-state index contributed by atoms with van der Waals surface area (Å²) < 4.78 is 0. The van der Waals surface area contributed by atoms with Crippen molar-refractivity contribution in [2.24, 2.45) is 0 Å². The van der Waals surface area contributed by atoms with Crippen molar-refractivity contribution in [1.82, 2.24) is 9.97 Å². The average Bonchev–Trinajstić information content (AvgIpc) is 2.25. The van der Waals surface area contributed by atoms with Crippen LogP contribution in [0.2, 0.25) is 0 Å². The van der Waals surface area contributed by atoms with E-state index in [0.717, 1.165) is 19.3 Å². The summed E-state index contributed by atoms with van der Waals surface area (Å²) in [5.74, 6) is 0.478. The maximum Gasteiger partial charge on any atom is 0.275 e. The maximum absolute atomic E-state index is 11.2. The minimum Gasteiger partial charge on any atom is -0.393 e. The van der Waals surface area contributed by atoms with E-state index in [2.05, 4.69) is 27.4 Å². The molecule has 1 unspecified atom stereocenters. The van der Waals surface area contributed by atoms with E-state index < -0.39 is 0 Å². The SMILES string of the molecule is Nc1cnc(NC2C=CCCC2)[nH]c1=O. The normalized spacial score (nSPS) is 20.1. The molecule has 0 radical (unpaired) electrons. The maximum atomic E-state index is 11.2. The number of hydrogen-bond donors (Lipinski definition) is 3. The van der Waals surface area contributed by atoms with Gasteiger partial charge in [0.05, 0.1) is 6.20 Å². The lowest BCUT2D eigenvalue weighted by Crippen LogP contribution is -2.23. The Bertz CT molecular complexity index is 424. The molecule has 1 aromatic heterocycles. The predicted octanol–water partition coefficient (Wildman–Crippen LogP) is 0.873. The minimum absolute atomic E-state index is 0.139. The van der Waals surface area contributed by atoms with Crippen molar-refractivity contribution in [2.45, 2.75) is 25.3 Å². The van der Waals surface area contributed by atoms with Crippen LogP contribution in [-0.2, 0) is 0 Å². The number of nitrogens with zero attached hydrogens (tertiary/aromatic N) is 1. The summed E-state index contributed by atoms with van der Waals surface area (Å²) in [6.45, 7) is 0. The molecule has 4 N–H and O–H groups in total. The molecular weight excluding hydrogens is 192 g/mol. The fraction of sp³-hybridized carbons (Fsp3) is 0.400. The van der Waals surface area contributed by atoms with Gasteiger partial charge in [-0.05, 0) is 19.3 Å². The van der Waals surface area contributed by atoms with E-state index in [4.69, 9.17) is 5.73 Å². The van der Waals surface area contributed by atoms with Gasteiger partial charge in [0.2, 0.25) is 5.95 Å². The van der Waals surface area contributed by atoms with E-state index in [0.29, 0.717) is 5.95 Å². The second-order valence-electron chi connectivity index (χ2n) is 3.63. The summed E-state index contributed by atoms with van der Waals surface area (Å²) in [6, 6.07) is 0.255. The first-order chi connectivity index (χ1) is 7.25. The van der Waals surface area contributed by atoms with Gasteiger partial charge in [0.1, 0.15) is 5.69 Å². The molecule has 1 atom stereocenters. The van der Waals surface area contributed by atoms with Crippen LogP contribution in [0.1, 0.15) is 19.3 Å². The third-order valence-electron chi connectivity index (χ3n) is 2.40. The molecule has 15 heavy (non-hydrogen) atoms. The highest BCUT2D eigenvalue weighted by molar-refractivity contribution is 5.37. The number of aromatic nitrogens is 2. The lowest BCUT2D eigenvalue weighted by molar-refractivity contribution is 0.669. The van der Waals surface area contributed by atoms with Gasteiger partial charge in [-0.25, -0.2) is 4.98 Å². The quantitative estimate of drug-likeness (QED) is 0.627. The number of aromatic amines is 1. The second kappa shape index (κ2) is 4.16. The van der Waals surface area contributed by atoms with Crippen LogP contribution in [0.3, 0.4) is 0 Å². The first-order valence-electron chi connectivity index (χ1n) is 5.04. The van der Waals surface area contributed by atoms with E-state index in [9.17, 15) is 4.79 Å². The third-order valence-corrected chi connectivity index (χ3v) is 2.40. The highest BCUT2D eigenvalue weighted by atomic mass is 16.1. The molecule has 1 heterocycles. The molecular formula is C10H14N4O. The molecule has 80 valence electrons. The Hall–Kier alpha value is -1.78. The largest absolute Gasteiger partial charge is 0.393 e. The predicted molar refractivity (Wildman–Crippen MR) is 59.7 cm³/mol. The molecule has 0 fully saturated rings. The van der Waals surface area contributed by atoms with Crippen molar-refractivity contribution in [3.8, 4) is 0 Å². The molecule has 0 aliphatic heterocycles. The van der Waals surface area contributed by atoms with Gasteiger partial charge in [0.15, 0.2) is 0 Å². The summed E-state index contributed by atoms with van der Waals surface area (Å²) >= 11 is 0. The minimum atomic E-state index is -0.299. The molecule has 0 bridgehead atoms. The molecule has 1 aromatic rings. The second-order valence-corrected chi connectivity index (χ2v) is 3.63. The first-order valence-corrected chi connectivity index (χ1v) is 5.04. The number of anilines is 2. The Kier molecular flexibility index (Phi) is 2.71. The van der Waals surface area contributed by atoms with E-state index >= 15 is 0 Å². The molecule has 0 amide bonds. The number of nitrogen functional groups attached to an aromatic ring is 1. The third kappa shape index (κ3) is 2.37. The number of H-pyrrole nitrogens is 1. The molecule has 5 heteroatoms. The zero-order valence-electron chi connectivity index (χ0n) is 8.36. The van der Waals surface area contributed by atoms with Gasteiger partial charge in [-0.2, -0.15) is 0 Å². The molecule has 1 aliphatic carbocycles. The van der Waals surface area contributed by atoms with Gasteiger partial charge in [0, 0.05) is 6.04 Å². The number of nitrogens with two attached hydrogens (primary N) is 1. The number of hydrogen-bond acceptors (Lipinski definition) is 4. The Balaban J connectivity index is 2.10. The monoisotopic (exact) mass is 206 g/mol. The average molecular weight is 206 g/mol. The van der Waals surface area contributed by atoms with Crippen LogP contribution in [0, 0.1) is 0 Å². The van der Waals surface area contributed by atoms with Crippen LogP contribution < -0.4 is 16.6 Å². The zero-order valence-corrected chi connectivity index (χ0v) is 8.36. The van der Waals surface area contributed by atoms with Crippen LogP contribution >= 0.6 is 0 Å². The number of allylic oxidation sites excluding steroid dienone is 1. The molecule has 0 spiro atoms. The van der Waals surface area contributed by atoms with Crippen molar-refractivity contribution < 1.29 is 0 Å². The summed E-state index contributed by atoms with van der Waals surface area (Å²) in [6.07, 6.45) is 8.95. The fourth-order valence-electron chi connectivity index (χ4n) is 1.59. The van der Waals surface area contributed by atoms with Crippen LogP contribution in [-0.4, -0.2) is 16.0 Å². The van der Waals surface area contributed by atoms with Crippen molar-refractivity contribution in [3.63, 3.8) is 0 Å². The Morgan fingerprint density at radius 1 is 1.60 bits per heavy atom. The number of rotatable bonds is 2. The van der Waals surface area contributed by atoms with Crippen molar-refractivity contribution >= 4 is 11.6 Å². The highest BCUT2D eigenvalue weighted by Gasteiger charge is 2.09. The lowest BCUT2D eigenvalue weighted by atomic mass is 10.0. The highest BCUT2D eigenvalue weighted by Crippen LogP contribution is 2.13.